The van der Waals surface area contributed by atoms with Crippen molar-refractivity contribution in [2.24, 2.45) is 0 Å². The first kappa shape index (κ1) is 17.7. The fourth-order valence-corrected chi connectivity index (χ4v) is 2.69. The Labute approximate surface area is 141 Å². The van der Waals surface area contributed by atoms with Gasteiger partial charge in [-0.2, -0.15) is 0 Å². The maximum absolute atomic E-state index is 12.0. The van der Waals surface area contributed by atoms with Crippen LogP contribution in [-0.4, -0.2) is 20.9 Å². The van der Waals surface area contributed by atoms with E-state index in [1.807, 2.05) is 18.2 Å². The number of hydrogen-bond acceptors (Lipinski definition) is 4. The minimum Gasteiger partial charge on any atom is -0.280 e. The Bertz CT molecular complexity index is 800. The first-order chi connectivity index (χ1) is 11.5. The lowest BCUT2D eigenvalue weighted by molar-refractivity contribution is 0.0364. The first-order valence-electron chi connectivity index (χ1n) is 7.28. The molecule has 126 valence electrons. The molecule has 0 saturated carbocycles. The Morgan fingerprint density at radius 2 is 1.75 bits per heavy atom. The molecule has 6 nitrogen and oxygen atoms in total. The molecular weight excluding hydrogens is 328 g/mol. The molecule has 2 aromatic rings. The molecule has 0 aliphatic rings. The summed E-state index contributed by atoms with van der Waals surface area (Å²) in [5.74, 6) is -0.393. The van der Waals surface area contributed by atoms with Crippen molar-refractivity contribution >= 4 is 27.7 Å². The van der Waals surface area contributed by atoms with Gasteiger partial charge in [0.2, 0.25) is 0 Å². The zero-order chi connectivity index (χ0) is 17.4. The summed E-state index contributed by atoms with van der Waals surface area (Å²) in [7, 11) is -3.64. The molecule has 0 unspecified atom stereocenters. The molecule has 24 heavy (non-hydrogen) atoms. The average Bonchev–Trinajstić information content (AvgIpc) is 2.59. The number of benzene rings is 2. The van der Waals surface area contributed by atoms with Crippen molar-refractivity contribution in [1.82, 2.24) is 5.48 Å². The van der Waals surface area contributed by atoms with Crippen molar-refractivity contribution in [3.8, 4) is 0 Å². The summed E-state index contributed by atoms with van der Waals surface area (Å²) >= 11 is 0. The summed E-state index contributed by atoms with van der Waals surface area (Å²) in [6.45, 7) is 2.11. The summed E-state index contributed by atoms with van der Waals surface area (Å²) in [4.78, 5) is 16.5. The molecule has 0 heterocycles. The van der Waals surface area contributed by atoms with Crippen LogP contribution in [-0.2, 0) is 14.9 Å². The third-order valence-corrected chi connectivity index (χ3v) is 3.97. The average molecular weight is 346 g/mol. The molecule has 0 fully saturated rings. The zero-order valence-corrected chi connectivity index (χ0v) is 13.9. The minimum absolute atomic E-state index is 0.359. The van der Waals surface area contributed by atoms with E-state index in [4.69, 9.17) is 4.84 Å². The maximum atomic E-state index is 12.0. The summed E-state index contributed by atoms with van der Waals surface area (Å²) in [5, 5.41) is 1.10. The van der Waals surface area contributed by atoms with E-state index < -0.39 is 15.9 Å². The number of hydrogen-bond donors (Lipinski definition) is 2. The summed E-state index contributed by atoms with van der Waals surface area (Å²) in [6.07, 6.45) is 1.51. The molecule has 0 saturated heterocycles. The van der Waals surface area contributed by atoms with Gasteiger partial charge >= 0.3 is 0 Å². The van der Waals surface area contributed by atoms with Crippen LogP contribution in [0.4, 0.5) is 5.69 Å². The number of amides is 1. The molecule has 2 N–H and O–H groups in total. The highest BCUT2D eigenvalue weighted by molar-refractivity contribution is 7.95. The maximum Gasteiger partial charge on any atom is 0.274 e. The summed E-state index contributed by atoms with van der Waals surface area (Å²) < 4.78 is 26.5. The Balaban J connectivity index is 2.02. The smallest absolute Gasteiger partial charge is 0.274 e. The highest BCUT2D eigenvalue weighted by atomic mass is 32.2. The molecular formula is C17H18N2O4S. The number of hydroxylamine groups is 1. The fraction of sp³-hybridized carbons (Fsp3) is 0.118. The van der Waals surface area contributed by atoms with E-state index in [9.17, 15) is 13.2 Å². The summed E-state index contributed by atoms with van der Waals surface area (Å²) in [5.41, 5.74) is 3.78. The number of nitrogens with one attached hydrogen (secondary N) is 2. The van der Waals surface area contributed by atoms with E-state index in [1.165, 1.54) is 30.3 Å². The molecule has 0 aliphatic heterocycles. The van der Waals surface area contributed by atoms with Gasteiger partial charge in [-0.3, -0.25) is 14.4 Å². The highest BCUT2D eigenvalue weighted by Gasteiger charge is 2.08. The second kappa shape index (κ2) is 8.28. The van der Waals surface area contributed by atoms with Crippen molar-refractivity contribution in [3.05, 3.63) is 71.1 Å². The van der Waals surface area contributed by atoms with Crippen LogP contribution in [0.5, 0.6) is 0 Å². The fourth-order valence-electron chi connectivity index (χ4n) is 1.82. The molecule has 0 bridgehead atoms. The quantitative estimate of drug-likeness (QED) is 0.755. The third-order valence-electron chi connectivity index (χ3n) is 2.96. The number of sulfonamides is 1. The van der Waals surface area contributed by atoms with E-state index in [0.717, 1.165) is 11.0 Å². The lowest BCUT2D eigenvalue weighted by Crippen LogP contribution is -2.23. The van der Waals surface area contributed by atoms with E-state index >= 15 is 0 Å². The van der Waals surface area contributed by atoms with Crippen LogP contribution in [0, 0.1) is 0 Å². The van der Waals surface area contributed by atoms with Crippen LogP contribution < -0.4 is 10.2 Å². The monoisotopic (exact) mass is 346 g/mol. The van der Waals surface area contributed by atoms with Gasteiger partial charge in [-0.15, -0.1) is 0 Å². The van der Waals surface area contributed by atoms with Gasteiger partial charge < -0.3 is 0 Å². The van der Waals surface area contributed by atoms with Gasteiger partial charge in [-0.05, 0) is 42.8 Å². The third kappa shape index (κ3) is 5.53. The Kier molecular flexibility index (Phi) is 6.11. The predicted molar refractivity (Wildman–Crippen MR) is 93.6 cm³/mol. The Morgan fingerprint density at radius 1 is 1.08 bits per heavy atom. The van der Waals surface area contributed by atoms with E-state index in [1.54, 1.807) is 19.1 Å². The van der Waals surface area contributed by atoms with Gasteiger partial charge in [0, 0.05) is 11.3 Å². The zero-order valence-electron chi connectivity index (χ0n) is 13.1. The van der Waals surface area contributed by atoms with E-state index in [-0.39, 0.29) is 0 Å². The van der Waals surface area contributed by atoms with Crippen molar-refractivity contribution < 1.29 is 18.0 Å². The number of carbonyl (C=O) groups excluding carboxylic acids is 1. The Hall–Kier alpha value is -2.64. The van der Waals surface area contributed by atoms with Crippen LogP contribution in [0.1, 0.15) is 22.8 Å². The van der Waals surface area contributed by atoms with E-state index in [2.05, 4.69) is 10.2 Å². The first-order valence-corrected chi connectivity index (χ1v) is 8.83. The van der Waals surface area contributed by atoms with Crippen LogP contribution in [0.25, 0.3) is 6.08 Å². The molecule has 0 radical (unpaired) electrons. The molecule has 0 spiro atoms. The number of rotatable bonds is 7. The lowest BCUT2D eigenvalue weighted by atomic mass is 10.2. The number of carbonyl (C=O) groups is 1. The molecule has 7 heteroatoms. The standard InChI is InChI=1S/C17H18N2O4S/c1-2-23-18-17(20)15-8-10-16(11-9-15)19-24(21,22)13-12-14-6-4-3-5-7-14/h3-13,19H,2H2,1H3,(H,18,20)/b13-12+. The molecule has 0 aromatic heterocycles. The van der Waals surface area contributed by atoms with Crippen LogP contribution in [0.2, 0.25) is 0 Å². The van der Waals surface area contributed by atoms with E-state index in [0.29, 0.717) is 17.9 Å². The second-order valence-electron chi connectivity index (χ2n) is 4.80. The summed E-state index contributed by atoms with van der Waals surface area (Å²) in [6, 6.07) is 15.1. The Morgan fingerprint density at radius 3 is 2.38 bits per heavy atom. The molecule has 1 amide bonds. The van der Waals surface area contributed by atoms with Crippen molar-refractivity contribution in [3.63, 3.8) is 0 Å². The van der Waals surface area contributed by atoms with Gasteiger partial charge in [0.05, 0.1) is 12.0 Å². The largest absolute Gasteiger partial charge is 0.280 e. The second-order valence-corrected chi connectivity index (χ2v) is 6.37. The van der Waals surface area contributed by atoms with Crippen molar-refractivity contribution in [2.75, 3.05) is 11.3 Å². The van der Waals surface area contributed by atoms with Crippen LogP contribution in [0.3, 0.4) is 0 Å². The predicted octanol–water partition coefficient (Wildman–Crippen LogP) is 2.78. The lowest BCUT2D eigenvalue weighted by Gasteiger charge is -2.06. The molecule has 2 aromatic carbocycles. The van der Waals surface area contributed by atoms with Crippen molar-refractivity contribution in [2.45, 2.75) is 6.92 Å². The normalized spacial score (nSPS) is 11.4. The van der Waals surface area contributed by atoms with Gasteiger partial charge in [-0.1, -0.05) is 30.3 Å². The highest BCUT2D eigenvalue weighted by Crippen LogP contribution is 2.13. The van der Waals surface area contributed by atoms with Crippen LogP contribution >= 0.6 is 0 Å². The SMILES string of the molecule is CCONC(=O)c1ccc(NS(=O)(=O)/C=C/c2ccccc2)cc1. The van der Waals surface area contributed by atoms with Crippen LogP contribution in [0.15, 0.2) is 60.0 Å². The molecule has 2 rings (SSSR count). The van der Waals surface area contributed by atoms with Gasteiger partial charge in [-0.25, -0.2) is 13.9 Å². The molecule has 0 atom stereocenters. The minimum atomic E-state index is -3.64. The van der Waals surface area contributed by atoms with Crippen molar-refractivity contribution in [1.29, 1.82) is 0 Å². The van der Waals surface area contributed by atoms with Gasteiger partial charge in [0.25, 0.3) is 15.9 Å². The topological polar surface area (TPSA) is 84.5 Å². The number of anilines is 1. The molecule has 0 aliphatic carbocycles. The van der Waals surface area contributed by atoms with Gasteiger partial charge in [0.1, 0.15) is 0 Å². The van der Waals surface area contributed by atoms with Gasteiger partial charge in [0.15, 0.2) is 0 Å².